The van der Waals surface area contributed by atoms with Crippen LogP contribution in [0.15, 0.2) is 59.5 Å². The molecule has 0 radical (unpaired) electrons. The summed E-state index contributed by atoms with van der Waals surface area (Å²) in [6, 6.07) is 11.8. The summed E-state index contributed by atoms with van der Waals surface area (Å²) in [7, 11) is 0. The number of nitrogens with one attached hydrogen (secondary N) is 1. The van der Waals surface area contributed by atoms with E-state index in [0.29, 0.717) is 0 Å². The Morgan fingerprint density at radius 2 is 1.86 bits per heavy atom. The summed E-state index contributed by atoms with van der Waals surface area (Å²) in [6.07, 6.45) is 2.16. The topological polar surface area (TPSA) is 98.5 Å². The van der Waals surface area contributed by atoms with Gasteiger partial charge in [0.2, 0.25) is 0 Å². The van der Waals surface area contributed by atoms with Gasteiger partial charge in [0.1, 0.15) is 0 Å². The number of nitro groups is 1. The second-order valence-corrected chi connectivity index (χ2v) is 6.21. The number of benzene rings is 2. The molecule has 2 aromatic rings. The van der Waals surface area contributed by atoms with E-state index in [1.54, 1.807) is 18.2 Å². The van der Waals surface area contributed by atoms with E-state index in [-0.39, 0.29) is 33.6 Å². The molecule has 146 valence electrons. The molecular weight excluding hydrogens is 394 g/mol. The standard InChI is InChI=1S/C18H14F2N2O5S/c19-18(20)28-15-8-4-2-6-13(15)21-16(23)11-27-17(24)10-9-12-5-1-3-7-14(12)22(25)26/h1-10,18H,11H2,(H,21,23)/b10-9+. The van der Waals surface area contributed by atoms with Gasteiger partial charge in [-0.3, -0.25) is 14.9 Å². The van der Waals surface area contributed by atoms with Gasteiger partial charge in [0.25, 0.3) is 17.4 Å². The number of alkyl halides is 2. The predicted molar refractivity (Wildman–Crippen MR) is 100 cm³/mol. The minimum absolute atomic E-state index is 0.171. The maximum absolute atomic E-state index is 12.5. The Labute approximate surface area is 162 Å². The lowest BCUT2D eigenvalue weighted by Crippen LogP contribution is -2.20. The van der Waals surface area contributed by atoms with E-state index in [9.17, 15) is 28.5 Å². The summed E-state index contributed by atoms with van der Waals surface area (Å²) < 4.78 is 29.8. The van der Waals surface area contributed by atoms with Gasteiger partial charge in [0.05, 0.1) is 16.2 Å². The molecule has 0 atom stereocenters. The van der Waals surface area contributed by atoms with Crippen molar-refractivity contribution < 1.29 is 28.0 Å². The van der Waals surface area contributed by atoms with Crippen LogP contribution >= 0.6 is 11.8 Å². The van der Waals surface area contributed by atoms with Gasteiger partial charge in [-0.2, -0.15) is 8.78 Å². The number of esters is 1. The Kier molecular flexibility index (Phi) is 7.64. The number of amides is 1. The molecule has 0 saturated carbocycles. The van der Waals surface area contributed by atoms with Crippen molar-refractivity contribution in [3.63, 3.8) is 0 Å². The number of para-hydroxylation sites is 2. The highest BCUT2D eigenvalue weighted by Gasteiger charge is 2.13. The molecule has 0 heterocycles. The number of nitrogens with zero attached hydrogens (tertiary/aromatic N) is 1. The third kappa shape index (κ3) is 6.47. The minimum atomic E-state index is -2.65. The van der Waals surface area contributed by atoms with Crippen molar-refractivity contribution >= 4 is 41.1 Å². The van der Waals surface area contributed by atoms with Crippen LogP contribution in [0.3, 0.4) is 0 Å². The Balaban J connectivity index is 1.92. The van der Waals surface area contributed by atoms with Crippen LogP contribution in [0.5, 0.6) is 0 Å². The highest BCUT2D eigenvalue weighted by Crippen LogP contribution is 2.31. The van der Waals surface area contributed by atoms with Gasteiger partial charge in [-0.15, -0.1) is 0 Å². The van der Waals surface area contributed by atoms with Crippen molar-refractivity contribution in [2.75, 3.05) is 11.9 Å². The van der Waals surface area contributed by atoms with Crippen LogP contribution in [-0.4, -0.2) is 29.2 Å². The molecule has 0 aliphatic carbocycles. The largest absolute Gasteiger partial charge is 0.452 e. The van der Waals surface area contributed by atoms with Crippen molar-refractivity contribution in [3.05, 3.63) is 70.3 Å². The zero-order chi connectivity index (χ0) is 20.5. The van der Waals surface area contributed by atoms with Crippen LogP contribution in [0.1, 0.15) is 5.56 Å². The molecule has 1 N–H and O–H groups in total. The molecule has 0 bridgehead atoms. The van der Waals surface area contributed by atoms with Gasteiger partial charge in [0.15, 0.2) is 6.61 Å². The van der Waals surface area contributed by atoms with Crippen LogP contribution in [0.25, 0.3) is 6.08 Å². The van der Waals surface area contributed by atoms with E-state index in [0.717, 1.165) is 6.08 Å². The highest BCUT2D eigenvalue weighted by molar-refractivity contribution is 7.99. The van der Waals surface area contributed by atoms with E-state index in [1.165, 1.54) is 36.4 Å². The fourth-order valence-electron chi connectivity index (χ4n) is 2.09. The Morgan fingerprint density at radius 3 is 2.57 bits per heavy atom. The van der Waals surface area contributed by atoms with E-state index >= 15 is 0 Å². The smallest absolute Gasteiger partial charge is 0.331 e. The molecule has 7 nitrogen and oxygen atoms in total. The third-order valence-electron chi connectivity index (χ3n) is 3.26. The molecule has 0 aliphatic rings. The first kappa shape index (κ1) is 21.0. The van der Waals surface area contributed by atoms with Gasteiger partial charge in [0, 0.05) is 17.0 Å². The Morgan fingerprint density at radius 1 is 1.18 bits per heavy atom. The number of anilines is 1. The number of carbonyl (C=O) groups is 2. The maximum atomic E-state index is 12.5. The van der Waals surface area contributed by atoms with E-state index in [2.05, 4.69) is 5.32 Å². The average Bonchev–Trinajstić information content (AvgIpc) is 2.66. The number of carbonyl (C=O) groups excluding carboxylic acids is 2. The monoisotopic (exact) mass is 408 g/mol. The van der Waals surface area contributed by atoms with E-state index < -0.39 is 29.2 Å². The number of hydrogen-bond donors (Lipinski definition) is 1. The molecule has 0 aromatic heterocycles. The number of halogens is 2. The summed E-state index contributed by atoms with van der Waals surface area (Å²) in [4.78, 5) is 34.1. The highest BCUT2D eigenvalue weighted by atomic mass is 32.2. The SMILES string of the molecule is O=C(COC(=O)/C=C/c1ccccc1[N+](=O)[O-])Nc1ccccc1SC(F)F. The molecule has 0 unspecified atom stereocenters. The fraction of sp³-hybridized carbons (Fsp3) is 0.111. The van der Waals surface area contributed by atoms with Crippen molar-refractivity contribution in [2.45, 2.75) is 10.7 Å². The van der Waals surface area contributed by atoms with Gasteiger partial charge in [-0.05, 0) is 24.3 Å². The average molecular weight is 408 g/mol. The molecule has 0 spiro atoms. The molecule has 2 rings (SSSR count). The van der Waals surface area contributed by atoms with Crippen molar-refractivity contribution in [2.24, 2.45) is 0 Å². The number of rotatable bonds is 8. The first-order chi connectivity index (χ1) is 13.4. The van der Waals surface area contributed by atoms with Crippen LogP contribution in [0.4, 0.5) is 20.2 Å². The second-order valence-electron chi connectivity index (χ2n) is 5.18. The number of hydrogen-bond acceptors (Lipinski definition) is 6. The lowest BCUT2D eigenvalue weighted by Gasteiger charge is -2.10. The summed E-state index contributed by atoms with van der Waals surface area (Å²) in [5, 5.41) is 13.3. The molecular formula is C18H14F2N2O5S. The summed E-state index contributed by atoms with van der Waals surface area (Å²) in [5.41, 5.74) is 0.189. The van der Waals surface area contributed by atoms with Crippen molar-refractivity contribution in [3.8, 4) is 0 Å². The number of nitro benzene ring substituents is 1. The summed E-state index contributed by atoms with van der Waals surface area (Å²) in [5.74, 6) is -4.25. The van der Waals surface area contributed by atoms with Crippen LogP contribution in [0.2, 0.25) is 0 Å². The second kappa shape index (κ2) is 10.2. The number of thioether (sulfide) groups is 1. The van der Waals surface area contributed by atoms with Crippen LogP contribution < -0.4 is 5.32 Å². The summed E-state index contributed by atoms with van der Waals surface area (Å²) in [6.45, 7) is -0.645. The molecule has 28 heavy (non-hydrogen) atoms. The van der Waals surface area contributed by atoms with E-state index in [1.807, 2.05) is 0 Å². The van der Waals surface area contributed by atoms with Gasteiger partial charge in [-0.25, -0.2) is 4.79 Å². The van der Waals surface area contributed by atoms with Crippen molar-refractivity contribution in [1.82, 2.24) is 0 Å². The zero-order valence-electron chi connectivity index (χ0n) is 14.2. The van der Waals surface area contributed by atoms with Gasteiger partial charge in [-0.1, -0.05) is 36.0 Å². The Hall–Kier alpha value is -3.27. The molecule has 1 amide bonds. The quantitative estimate of drug-likeness (QED) is 0.232. The molecule has 10 heteroatoms. The maximum Gasteiger partial charge on any atom is 0.331 e. The van der Waals surface area contributed by atoms with Crippen LogP contribution in [0, 0.1) is 10.1 Å². The third-order valence-corrected chi connectivity index (χ3v) is 4.04. The number of ether oxygens (including phenoxy) is 1. The normalized spacial score (nSPS) is 10.8. The molecule has 0 aliphatic heterocycles. The first-order valence-corrected chi connectivity index (χ1v) is 8.66. The predicted octanol–water partition coefficient (Wildman–Crippen LogP) is 4.10. The van der Waals surface area contributed by atoms with Gasteiger partial charge < -0.3 is 10.1 Å². The molecule has 2 aromatic carbocycles. The first-order valence-electron chi connectivity index (χ1n) is 7.79. The van der Waals surface area contributed by atoms with Gasteiger partial charge >= 0.3 is 5.97 Å². The van der Waals surface area contributed by atoms with Crippen LogP contribution in [-0.2, 0) is 14.3 Å². The zero-order valence-corrected chi connectivity index (χ0v) is 15.0. The molecule has 0 fully saturated rings. The lowest BCUT2D eigenvalue weighted by molar-refractivity contribution is -0.385. The fourth-order valence-corrected chi connectivity index (χ4v) is 2.69. The van der Waals surface area contributed by atoms with Crippen molar-refractivity contribution in [1.29, 1.82) is 0 Å². The molecule has 0 saturated heterocycles. The summed E-state index contributed by atoms with van der Waals surface area (Å²) >= 11 is 0.279. The van der Waals surface area contributed by atoms with E-state index in [4.69, 9.17) is 4.74 Å². The Bertz CT molecular complexity index is 905. The lowest BCUT2D eigenvalue weighted by atomic mass is 10.1. The minimum Gasteiger partial charge on any atom is -0.452 e.